The van der Waals surface area contributed by atoms with Crippen LogP contribution in [0.3, 0.4) is 0 Å². The van der Waals surface area contributed by atoms with E-state index in [1.165, 1.54) is 81.2 Å². The number of hydrogen-bond donors (Lipinski definition) is 0. The SMILES string of the molecule is c1ccc(N(c2ccccc2)c2c3ccccc3cc3c4cccc5c6c7c8cc9ccccc9c9c%10cccc(N(c%11ccccc%11)c%11ccccc%11)c%10n(c7ncc6n(c23)c45)c89)cc1. The number of hydrogen-bond acceptors (Lipinski definition) is 3. The Bertz CT molecular complexity index is 4310. The van der Waals surface area contributed by atoms with E-state index in [0.717, 1.165) is 50.8 Å². The second kappa shape index (κ2) is 13.3. The molecule has 306 valence electrons. The average Bonchev–Trinajstić information content (AvgIpc) is 4.11. The number of benzene rings is 10. The van der Waals surface area contributed by atoms with Gasteiger partial charge in [0.25, 0.3) is 0 Å². The van der Waals surface area contributed by atoms with E-state index in [4.69, 9.17) is 4.98 Å². The lowest BCUT2D eigenvalue weighted by molar-refractivity contribution is 1.23. The van der Waals surface area contributed by atoms with Crippen LogP contribution in [0.5, 0.6) is 0 Å². The Kier molecular flexibility index (Phi) is 7.16. The summed E-state index contributed by atoms with van der Waals surface area (Å²) >= 11 is 0. The van der Waals surface area contributed by atoms with E-state index in [0.29, 0.717) is 0 Å². The summed E-state index contributed by atoms with van der Waals surface area (Å²) in [5.74, 6) is 0. The van der Waals surface area contributed by atoms with Crippen molar-refractivity contribution in [3.63, 3.8) is 0 Å². The number of aromatic nitrogens is 3. The maximum Gasteiger partial charge on any atom is 0.146 e. The lowest BCUT2D eigenvalue weighted by Gasteiger charge is -2.28. The van der Waals surface area contributed by atoms with Gasteiger partial charge in [-0.15, -0.1) is 0 Å². The van der Waals surface area contributed by atoms with Crippen molar-refractivity contribution in [2.45, 2.75) is 0 Å². The van der Waals surface area contributed by atoms with E-state index in [1.807, 2.05) is 0 Å². The molecule has 0 fully saturated rings. The maximum absolute atomic E-state index is 5.65. The summed E-state index contributed by atoms with van der Waals surface area (Å²) in [4.78, 5) is 10.5. The summed E-state index contributed by atoms with van der Waals surface area (Å²) in [6.45, 7) is 0. The highest BCUT2D eigenvalue weighted by Crippen LogP contribution is 2.53. The Morgan fingerprint density at radius 2 is 0.818 bits per heavy atom. The van der Waals surface area contributed by atoms with Gasteiger partial charge < -0.3 is 14.2 Å². The molecule has 0 aliphatic carbocycles. The third kappa shape index (κ3) is 4.65. The summed E-state index contributed by atoms with van der Waals surface area (Å²) < 4.78 is 5.01. The molecule has 0 aliphatic rings. The van der Waals surface area contributed by atoms with E-state index >= 15 is 0 Å². The van der Waals surface area contributed by atoms with Crippen LogP contribution >= 0.6 is 0 Å². The maximum atomic E-state index is 5.65. The van der Waals surface area contributed by atoms with Crippen molar-refractivity contribution >= 4 is 132 Å². The van der Waals surface area contributed by atoms with Gasteiger partial charge in [0, 0.05) is 71.2 Å². The van der Waals surface area contributed by atoms with Gasteiger partial charge in [0.2, 0.25) is 0 Å². The number of rotatable bonds is 6. The minimum Gasteiger partial charge on any atom is -0.308 e. The van der Waals surface area contributed by atoms with Crippen LogP contribution in [-0.4, -0.2) is 13.8 Å². The molecular weight excluding hydrogens is 803 g/mol. The van der Waals surface area contributed by atoms with Crippen molar-refractivity contribution in [2.75, 3.05) is 9.80 Å². The standard InChI is InChI=1S/C61H37N5/c1-5-21-40(22-6-1)63(41-23-7-2-8-24-41)51-34-18-33-47-53-44-29-15-13-19-38(44)36-50-55-54-48-32-17-31-46-49-35-39-20-14-16-30-45(39)59(64(42-25-9-3-10-26-42)43-27-11-4-12-28-43)60(49)65(56(46)48)52(54)37-62-61(55)66(57(47)51)58(50)53/h1-37H. The number of fused-ring (bicyclic) bond motifs is 16. The zero-order valence-corrected chi connectivity index (χ0v) is 35.6. The predicted molar refractivity (Wildman–Crippen MR) is 278 cm³/mol. The summed E-state index contributed by atoms with van der Waals surface area (Å²) in [5, 5.41) is 14.6. The van der Waals surface area contributed by atoms with Crippen molar-refractivity contribution in [3.05, 3.63) is 225 Å². The topological polar surface area (TPSA) is 28.2 Å². The van der Waals surface area contributed by atoms with E-state index in [9.17, 15) is 0 Å². The number of pyridine rings is 1. The number of nitrogens with zero attached hydrogens (tertiary/aromatic N) is 5. The summed E-state index contributed by atoms with van der Waals surface area (Å²) in [7, 11) is 0. The minimum absolute atomic E-state index is 0.959. The first-order valence-corrected chi connectivity index (χ1v) is 22.6. The van der Waals surface area contributed by atoms with Crippen LogP contribution in [-0.2, 0) is 0 Å². The Morgan fingerprint density at radius 3 is 1.47 bits per heavy atom. The van der Waals surface area contributed by atoms with Crippen LogP contribution < -0.4 is 9.80 Å². The molecule has 0 amide bonds. The highest BCUT2D eigenvalue weighted by atomic mass is 15.2. The van der Waals surface area contributed by atoms with Gasteiger partial charge in [0.1, 0.15) is 5.65 Å². The van der Waals surface area contributed by atoms with Gasteiger partial charge in [-0.05, 0) is 82.9 Å². The molecular formula is C61H37N5. The number of para-hydroxylation sites is 6. The van der Waals surface area contributed by atoms with Crippen LogP contribution in [0, 0.1) is 0 Å². The smallest absolute Gasteiger partial charge is 0.146 e. The van der Waals surface area contributed by atoms with Gasteiger partial charge in [-0.25, -0.2) is 4.98 Å². The van der Waals surface area contributed by atoms with Crippen LogP contribution in [0.1, 0.15) is 0 Å². The molecule has 0 saturated heterocycles. The first-order valence-electron chi connectivity index (χ1n) is 22.6. The summed E-state index contributed by atoms with van der Waals surface area (Å²) in [5.41, 5.74) is 13.4. The van der Waals surface area contributed by atoms with Gasteiger partial charge in [-0.1, -0.05) is 152 Å². The van der Waals surface area contributed by atoms with E-state index in [2.05, 4.69) is 243 Å². The largest absolute Gasteiger partial charge is 0.308 e. The van der Waals surface area contributed by atoms with E-state index in [-0.39, 0.29) is 0 Å². The van der Waals surface area contributed by atoms with Crippen molar-refractivity contribution in [3.8, 4) is 0 Å². The van der Waals surface area contributed by atoms with Crippen LogP contribution in [0.25, 0.3) is 97.9 Å². The molecule has 0 radical (unpaired) electrons. The van der Waals surface area contributed by atoms with E-state index in [1.54, 1.807) is 0 Å². The molecule has 66 heavy (non-hydrogen) atoms. The van der Waals surface area contributed by atoms with Gasteiger partial charge in [-0.3, -0.25) is 4.40 Å². The molecule has 15 aromatic rings. The molecule has 15 rings (SSSR count). The average molecular weight is 840 g/mol. The quantitative estimate of drug-likeness (QED) is 0.167. The van der Waals surface area contributed by atoms with Crippen molar-refractivity contribution < 1.29 is 0 Å². The lowest BCUT2D eigenvalue weighted by atomic mass is 9.98. The molecule has 10 aromatic carbocycles. The van der Waals surface area contributed by atoms with Gasteiger partial charge in [0.15, 0.2) is 0 Å². The van der Waals surface area contributed by atoms with Gasteiger partial charge in [0.05, 0.1) is 45.2 Å². The Morgan fingerprint density at radius 1 is 0.318 bits per heavy atom. The molecule has 0 atom stereocenters. The van der Waals surface area contributed by atoms with Crippen LogP contribution in [0.2, 0.25) is 0 Å². The second-order valence-corrected chi connectivity index (χ2v) is 17.5. The molecule has 0 N–H and O–H groups in total. The lowest BCUT2D eigenvalue weighted by Crippen LogP contribution is -2.11. The number of anilines is 6. The normalized spacial score (nSPS) is 12.2. The first kappa shape index (κ1) is 35.5. The molecule has 0 spiro atoms. The van der Waals surface area contributed by atoms with Crippen molar-refractivity contribution in [1.82, 2.24) is 13.8 Å². The summed E-state index contributed by atoms with van der Waals surface area (Å²) in [6, 6.07) is 79.3. The third-order valence-corrected chi connectivity index (χ3v) is 14.1. The first-order chi connectivity index (χ1) is 32.8. The van der Waals surface area contributed by atoms with Crippen molar-refractivity contribution in [2.24, 2.45) is 0 Å². The molecule has 0 saturated carbocycles. The minimum atomic E-state index is 0.959. The Balaban J connectivity index is 1.14. The monoisotopic (exact) mass is 839 g/mol. The highest BCUT2D eigenvalue weighted by Gasteiger charge is 2.30. The zero-order valence-electron chi connectivity index (χ0n) is 35.6. The van der Waals surface area contributed by atoms with Gasteiger partial charge >= 0.3 is 0 Å². The fourth-order valence-electron chi connectivity index (χ4n) is 11.5. The predicted octanol–water partition coefficient (Wildman–Crippen LogP) is 16.6. The van der Waals surface area contributed by atoms with Crippen molar-refractivity contribution in [1.29, 1.82) is 0 Å². The summed E-state index contributed by atoms with van der Waals surface area (Å²) in [6.07, 6.45) is 2.15. The zero-order chi connectivity index (χ0) is 43.0. The molecule has 5 nitrogen and oxygen atoms in total. The van der Waals surface area contributed by atoms with Crippen LogP contribution in [0.4, 0.5) is 34.1 Å². The molecule has 0 unspecified atom stereocenters. The fraction of sp³-hybridized carbons (Fsp3) is 0. The molecule has 5 aromatic heterocycles. The molecule has 5 heterocycles. The Hall–Kier alpha value is -8.93. The Labute approximate surface area is 378 Å². The van der Waals surface area contributed by atoms with E-state index < -0.39 is 0 Å². The molecule has 0 aliphatic heterocycles. The van der Waals surface area contributed by atoms with Gasteiger partial charge in [-0.2, -0.15) is 0 Å². The fourth-order valence-corrected chi connectivity index (χ4v) is 11.5. The third-order valence-electron chi connectivity index (χ3n) is 14.1. The second-order valence-electron chi connectivity index (χ2n) is 17.5. The van der Waals surface area contributed by atoms with Crippen LogP contribution in [0.15, 0.2) is 225 Å². The molecule has 0 bridgehead atoms. The highest BCUT2D eigenvalue weighted by molar-refractivity contribution is 6.39. The molecule has 5 heteroatoms.